The Morgan fingerprint density at radius 1 is 1.00 bits per heavy atom. The Hall–Kier alpha value is -2.06. The minimum Gasteiger partial charge on any atom is -0.376 e. The van der Waals surface area contributed by atoms with E-state index in [1.54, 1.807) is 0 Å². The SMILES string of the molecule is C=C(C(c1ccccc1)c1ccccc1)N(C)CCNCC. The molecular weight excluding hydrogens is 268 g/mol. The third kappa shape index (κ3) is 4.22. The van der Waals surface area contributed by atoms with Gasteiger partial charge in [0.1, 0.15) is 0 Å². The Morgan fingerprint density at radius 3 is 1.95 bits per heavy atom. The smallest absolute Gasteiger partial charge is 0.0483 e. The summed E-state index contributed by atoms with van der Waals surface area (Å²) in [4.78, 5) is 2.26. The highest BCUT2D eigenvalue weighted by atomic mass is 15.1. The van der Waals surface area contributed by atoms with Crippen molar-refractivity contribution < 1.29 is 0 Å². The minimum atomic E-state index is 0.203. The van der Waals surface area contributed by atoms with Crippen LogP contribution < -0.4 is 5.32 Å². The minimum absolute atomic E-state index is 0.203. The summed E-state index contributed by atoms with van der Waals surface area (Å²) in [6.45, 7) is 9.45. The van der Waals surface area contributed by atoms with Gasteiger partial charge in [-0.3, -0.25) is 0 Å². The van der Waals surface area contributed by atoms with Crippen LogP contribution in [0.3, 0.4) is 0 Å². The van der Waals surface area contributed by atoms with Crippen molar-refractivity contribution in [1.29, 1.82) is 0 Å². The predicted molar refractivity (Wildman–Crippen MR) is 95.0 cm³/mol. The molecule has 0 aromatic heterocycles. The molecule has 2 aromatic rings. The normalized spacial score (nSPS) is 10.7. The van der Waals surface area contributed by atoms with E-state index in [4.69, 9.17) is 0 Å². The molecule has 0 unspecified atom stereocenters. The van der Waals surface area contributed by atoms with E-state index in [1.807, 2.05) is 0 Å². The lowest BCUT2D eigenvalue weighted by Gasteiger charge is -2.29. The number of hydrogen-bond donors (Lipinski definition) is 1. The van der Waals surface area contributed by atoms with E-state index in [-0.39, 0.29) is 5.92 Å². The molecule has 0 atom stereocenters. The molecule has 0 aliphatic carbocycles. The van der Waals surface area contributed by atoms with E-state index >= 15 is 0 Å². The van der Waals surface area contributed by atoms with E-state index in [2.05, 4.69) is 91.4 Å². The Bertz CT molecular complexity index is 523. The van der Waals surface area contributed by atoms with Crippen LogP contribution in [-0.2, 0) is 0 Å². The van der Waals surface area contributed by atoms with E-state index in [9.17, 15) is 0 Å². The zero-order valence-electron chi connectivity index (χ0n) is 13.6. The van der Waals surface area contributed by atoms with E-state index in [1.165, 1.54) is 11.1 Å². The Kier molecular flexibility index (Phi) is 6.23. The van der Waals surface area contributed by atoms with Crippen LogP contribution in [0, 0.1) is 0 Å². The molecule has 0 amide bonds. The molecule has 2 nitrogen and oxygen atoms in total. The van der Waals surface area contributed by atoms with E-state index < -0.39 is 0 Å². The first-order valence-corrected chi connectivity index (χ1v) is 7.94. The number of nitrogens with zero attached hydrogens (tertiary/aromatic N) is 1. The van der Waals surface area contributed by atoms with Crippen LogP contribution in [0.1, 0.15) is 24.0 Å². The van der Waals surface area contributed by atoms with Crippen molar-refractivity contribution in [2.75, 3.05) is 26.7 Å². The number of hydrogen-bond acceptors (Lipinski definition) is 2. The second-order valence-corrected chi connectivity index (χ2v) is 5.52. The molecule has 1 N–H and O–H groups in total. The Labute approximate surface area is 134 Å². The zero-order valence-corrected chi connectivity index (χ0v) is 13.6. The molecule has 0 aliphatic heterocycles. The average molecular weight is 294 g/mol. The molecule has 0 heterocycles. The lowest BCUT2D eigenvalue weighted by molar-refractivity contribution is 0.393. The standard InChI is InChI=1S/C20H26N2/c1-4-21-15-16-22(3)17(2)20(18-11-7-5-8-12-18)19-13-9-6-10-14-19/h5-14,20-21H,2,4,15-16H2,1,3H3. The van der Waals surface area contributed by atoms with E-state index in [0.717, 1.165) is 25.3 Å². The molecule has 0 spiro atoms. The van der Waals surface area contributed by atoms with Crippen molar-refractivity contribution in [2.45, 2.75) is 12.8 Å². The van der Waals surface area contributed by atoms with Gasteiger partial charge in [-0.25, -0.2) is 0 Å². The summed E-state index contributed by atoms with van der Waals surface area (Å²) in [7, 11) is 2.12. The van der Waals surface area contributed by atoms with Crippen LogP contribution in [0.25, 0.3) is 0 Å². The highest BCUT2D eigenvalue weighted by Crippen LogP contribution is 2.31. The lowest BCUT2D eigenvalue weighted by Crippen LogP contribution is -2.30. The monoisotopic (exact) mass is 294 g/mol. The molecule has 0 aliphatic rings. The van der Waals surface area contributed by atoms with Gasteiger partial charge in [0.05, 0.1) is 0 Å². The molecular formula is C20H26N2. The Morgan fingerprint density at radius 2 is 1.50 bits per heavy atom. The van der Waals surface area contributed by atoms with Crippen LogP contribution in [-0.4, -0.2) is 31.6 Å². The predicted octanol–water partition coefficient (Wildman–Crippen LogP) is 3.87. The maximum absolute atomic E-state index is 4.38. The largest absolute Gasteiger partial charge is 0.376 e. The number of nitrogens with one attached hydrogen (secondary N) is 1. The topological polar surface area (TPSA) is 15.3 Å². The van der Waals surface area contributed by atoms with Crippen molar-refractivity contribution in [2.24, 2.45) is 0 Å². The van der Waals surface area contributed by atoms with Crippen molar-refractivity contribution in [3.05, 3.63) is 84.1 Å². The molecule has 2 heteroatoms. The van der Waals surface area contributed by atoms with Gasteiger partial charge in [-0.15, -0.1) is 0 Å². The summed E-state index contributed by atoms with van der Waals surface area (Å²) < 4.78 is 0. The third-order valence-electron chi connectivity index (χ3n) is 3.96. The van der Waals surface area contributed by atoms with Gasteiger partial charge in [-0.05, 0) is 17.7 Å². The fourth-order valence-corrected chi connectivity index (χ4v) is 2.66. The molecule has 116 valence electrons. The molecule has 0 fully saturated rings. The van der Waals surface area contributed by atoms with Crippen molar-refractivity contribution in [3.63, 3.8) is 0 Å². The first-order chi connectivity index (χ1) is 10.7. The fraction of sp³-hybridized carbons (Fsp3) is 0.300. The number of likely N-dealkylation sites (N-methyl/N-ethyl adjacent to an activating group) is 2. The first kappa shape index (κ1) is 16.3. The maximum Gasteiger partial charge on any atom is 0.0483 e. The number of allylic oxidation sites excluding steroid dienone is 1. The van der Waals surface area contributed by atoms with Gasteiger partial charge in [0.2, 0.25) is 0 Å². The summed E-state index contributed by atoms with van der Waals surface area (Å²) in [6.07, 6.45) is 0. The first-order valence-electron chi connectivity index (χ1n) is 7.94. The van der Waals surface area contributed by atoms with Gasteiger partial charge < -0.3 is 10.2 Å². The van der Waals surface area contributed by atoms with Gasteiger partial charge in [-0.1, -0.05) is 74.2 Å². The van der Waals surface area contributed by atoms with Crippen LogP contribution in [0.2, 0.25) is 0 Å². The van der Waals surface area contributed by atoms with Crippen LogP contribution in [0.15, 0.2) is 72.9 Å². The lowest BCUT2D eigenvalue weighted by atomic mass is 9.88. The molecule has 0 saturated heterocycles. The van der Waals surface area contributed by atoms with Crippen molar-refractivity contribution >= 4 is 0 Å². The van der Waals surface area contributed by atoms with Crippen molar-refractivity contribution in [1.82, 2.24) is 10.2 Å². The summed E-state index contributed by atoms with van der Waals surface area (Å²) in [6, 6.07) is 21.2. The van der Waals surface area contributed by atoms with Crippen LogP contribution >= 0.6 is 0 Å². The van der Waals surface area contributed by atoms with Crippen molar-refractivity contribution in [3.8, 4) is 0 Å². The Balaban J connectivity index is 2.23. The van der Waals surface area contributed by atoms with Gasteiger partial charge in [0.15, 0.2) is 0 Å². The van der Waals surface area contributed by atoms with Gasteiger partial charge in [0, 0.05) is 31.8 Å². The highest BCUT2D eigenvalue weighted by Gasteiger charge is 2.19. The summed E-state index contributed by atoms with van der Waals surface area (Å²) in [5, 5.41) is 3.37. The summed E-state index contributed by atoms with van der Waals surface area (Å²) >= 11 is 0. The van der Waals surface area contributed by atoms with E-state index in [0.29, 0.717) is 0 Å². The number of rotatable bonds is 8. The van der Waals surface area contributed by atoms with Gasteiger partial charge in [0.25, 0.3) is 0 Å². The molecule has 22 heavy (non-hydrogen) atoms. The molecule has 0 saturated carbocycles. The maximum atomic E-state index is 4.38. The third-order valence-corrected chi connectivity index (χ3v) is 3.96. The van der Waals surface area contributed by atoms with Gasteiger partial charge >= 0.3 is 0 Å². The quantitative estimate of drug-likeness (QED) is 0.743. The molecule has 2 rings (SSSR count). The zero-order chi connectivity index (χ0) is 15.8. The van der Waals surface area contributed by atoms with Crippen LogP contribution in [0.4, 0.5) is 0 Å². The summed E-state index contributed by atoms with van der Waals surface area (Å²) in [5.74, 6) is 0.203. The van der Waals surface area contributed by atoms with Crippen LogP contribution in [0.5, 0.6) is 0 Å². The molecule has 0 bridgehead atoms. The second kappa shape index (κ2) is 8.40. The average Bonchev–Trinajstić information content (AvgIpc) is 2.57. The molecule has 2 aromatic carbocycles. The van der Waals surface area contributed by atoms with Gasteiger partial charge in [-0.2, -0.15) is 0 Å². The number of benzene rings is 2. The highest BCUT2D eigenvalue weighted by molar-refractivity contribution is 5.39. The fourth-order valence-electron chi connectivity index (χ4n) is 2.66. The molecule has 0 radical (unpaired) electrons. The second-order valence-electron chi connectivity index (χ2n) is 5.52. The summed E-state index contributed by atoms with van der Waals surface area (Å²) in [5.41, 5.74) is 3.71.